The molecule has 0 saturated heterocycles. The third kappa shape index (κ3) is 2.27. The highest BCUT2D eigenvalue weighted by atomic mass is 32.2. The van der Waals surface area contributed by atoms with E-state index in [0.717, 1.165) is 11.7 Å². The maximum atomic E-state index is 12.6. The zero-order valence-corrected chi connectivity index (χ0v) is 13.9. The second-order valence-electron chi connectivity index (χ2n) is 5.10. The first-order chi connectivity index (χ1) is 11.5. The van der Waals surface area contributed by atoms with Gasteiger partial charge in [0.2, 0.25) is 0 Å². The van der Waals surface area contributed by atoms with Crippen LogP contribution in [0.4, 0.5) is 5.69 Å². The molecule has 122 valence electrons. The van der Waals surface area contributed by atoms with Crippen LogP contribution in [0, 0.1) is 0 Å². The first-order valence-electron chi connectivity index (χ1n) is 6.79. The Morgan fingerprint density at radius 1 is 1.21 bits per heavy atom. The molecule has 8 nitrogen and oxygen atoms in total. The van der Waals surface area contributed by atoms with Crippen molar-refractivity contribution < 1.29 is 12.8 Å². The fraction of sp³-hybridized carbons (Fsp3) is 0.0714. The van der Waals surface area contributed by atoms with Crippen LogP contribution in [0.15, 0.2) is 50.5 Å². The minimum atomic E-state index is -3.85. The van der Waals surface area contributed by atoms with Gasteiger partial charge in [0.15, 0.2) is 5.58 Å². The standard InChI is InChI=1S/C14H10N4O4S2/c1-18-10-6-5-8(7-11(10)22-14(18)19)17-24(20,21)12-4-2-3-9-13(12)16-23-15-9/h2-7,17H,1H3. The Morgan fingerprint density at radius 3 is 2.88 bits per heavy atom. The predicted molar refractivity (Wildman–Crippen MR) is 89.7 cm³/mol. The summed E-state index contributed by atoms with van der Waals surface area (Å²) in [5.74, 6) is -0.511. The zero-order chi connectivity index (χ0) is 16.9. The van der Waals surface area contributed by atoms with Crippen molar-refractivity contribution in [2.24, 2.45) is 7.05 Å². The van der Waals surface area contributed by atoms with Gasteiger partial charge in [0.05, 0.1) is 22.9 Å². The van der Waals surface area contributed by atoms with Crippen LogP contribution in [0.2, 0.25) is 0 Å². The molecular formula is C14H10N4O4S2. The van der Waals surface area contributed by atoms with Gasteiger partial charge < -0.3 is 4.42 Å². The third-order valence-corrected chi connectivity index (χ3v) is 5.54. The Morgan fingerprint density at radius 2 is 2.04 bits per heavy atom. The molecule has 0 bridgehead atoms. The van der Waals surface area contributed by atoms with Crippen molar-refractivity contribution in [1.29, 1.82) is 0 Å². The Balaban J connectivity index is 1.79. The van der Waals surface area contributed by atoms with Crippen LogP contribution in [0.5, 0.6) is 0 Å². The van der Waals surface area contributed by atoms with Crippen molar-refractivity contribution in [3.05, 3.63) is 46.9 Å². The summed E-state index contributed by atoms with van der Waals surface area (Å²) in [6.45, 7) is 0. The van der Waals surface area contributed by atoms with E-state index in [1.807, 2.05) is 0 Å². The fourth-order valence-electron chi connectivity index (χ4n) is 2.41. The number of hydrogen-bond donors (Lipinski definition) is 1. The third-order valence-electron chi connectivity index (χ3n) is 3.58. The average molecular weight is 362 g/mol. The summed E-state index contributed by atoms with van der Waals surface area (Å²) in [5, 5.41) is 0. The lowest BCUT2D eigenvalue weighted by molar-refractivity contribution is 0.528. The van der Waals surface area contributed by atoms with Crippen LogP contribution in [0.1, 0.15) is 0 Å². The van der Waals surface area contributed by atoms with E-state index >= 15 is 0 Å². The van der Waals surface area contributed by atoms with E-state index in [9.17, 15) is 13.2 Å². The number of rotatable bonds is 3. The summed E-state index contributed by atoms with van der Waals surface area (Å²) < 4.78 is 42.3. The molecule has 0 aliphatic carbocycles. The molecule has 0 radical (unpaired) electrons. The topological polar surface area (TPSA) is 107 Å². The molecule has 0 unspecified atom stereocenters. The van der Waals surface area contributed by atoms with Crippen LogP contribution in [-0.2, 0) is 17.1 Å². The molecule has 0 amide bonds. The van der Waals surface area contributed by atoms with Gasteiger partial charge in [-0.25, -0.2) is 13.2 Å². The highest BCUT2D eigenvalue weighted by molar-refractivity contribution is 7.93. The molecule has 0 atom stereocenters. The lowest BCUT2D eigenvalue weighted by atomic mass is 10.3. The van der Waals surface area contributed by atoms with E-state index in [2.05, 4.69) is 13.5 Å². The highest BCUT2D eigenvalue weighted by Crippen LogP contribution is 2.25. The summed E-state index contributed by atoms with van der Waals surface area (Å²) in [6, 6.07) is 9.42. The van der Waals surface area contributed by atoms with E-state index in [1.54, 1.807) is 31.3 Å². The van der Waals surface area contributed by atoms with E-state index < -0.39 is 15.8 Å². The number of aryl methyl sites for hydroxylation is 1. The minimum Gasteiger partial charge on any atom is -0.408 e. The summed E-state index contributed by atoms with van der Waals surface area (Å²) in [4.78, 5) is 11.6. The normalized spacial score (nSPS) is 12.0. The molecule has 10 heteroatoms. The maximum Gasteiger partial charge on any atom is 0.419 e. The number of aromatic nitrogens is 3. The van der Waals surface area contributed by atoms with Gasteiger partial charge in [-0.2, -0.15) is 8.75 Å². The molecule has 24 heavy (non-hydrogen) atoms. The first-order valence-corrected chi connectivity index (χ1v) is 9.01. The first kappa shape index (κ1) is 14.8. The van der Waals surface area contributed by atoms with Gasteiger partial charge in [-0.15, -0.1) is 0 Å². The summed E-state index contributed by atoms with van der Waals surface area (Å²) >= 11 is 0.951. The van der Waals surface area contributed by atoms with Crippen LogP contribution >= 0.6 is 11.7 Å². The maximum absolute atomic E-state index is 12.6. The van der Waals surface area contributed by atoms with Crippen molar-refractivity contribution in [2.45, 2.75) is 4.90 Å². The molecule has 0 spiro atoms. The smallest absolute Gasteiger partial charge is 0.408 e. The molecule has 0 fully saturated rings. The largest absolute Gasteiger partial charge is 0.419 e. The lowest BCUT2D eigenvalue weighted by Gasteiger charge is -2.08. The molecular weight excluding hydrogens is 352 g/mol. The van der Waals surface area contributed by atoms with Gasteiger partial charge in [0.25, 0.3) is 10.0 Å². The summed E-state index contributed by atoms with van der Waals surface area (Å²) in [7, 11) is -2.28. The Kier molecular flexibility index (Phi) is 3.18. The number of oxazole rings is 1. The Hall–Kier alpha value is -2.72. The molecule has 2 aromatic carbocycles. The monoisotopic (exact) mass is 362 g/mol. The summed E-state index contributed by atoms with van der Waals surface area (Å²) in [5.41, 5.74) is 2.01. The summed E-state index contributed by atoms with van der Waals surface area (Å²) in [6.07, 6.45) is 0. The molecule has 0 aliphatic rings. The second kappa shape index (κ2) is 5.14. The minimum absolute atomic E-state index is 0.0448. The van der Waals surface area contributed by atoms with Crippen LogP contribution in [0.3, 0.4) is 0 Å². The van der Waals surface area contributed by atoms with Gasteiger partial charge in [-0.3, -0.25) is 9.29 Å². The molecule has 4 rings (SSSR count). The number of nitrogens with zero attached hydrogens (tertiary/aromatic N) is 3. The Bertz CT molecular complexity index is 1240. The highest BCUT2D eigenvalue weighted by Gasteiger charge is 2.20. The second-order valence-corrected chi connectivity index (χ2v) is 7.28. The van der Waals surface area contributed by atoms with Crippen LogP contribution < -0.4 is 10.5 Å². The molecule has 1 N–H and O–H groups in total. The van der Waals surface area contributed by atoms with Gasteiger partial charge in [-0.05, 0) is 24.3 Å². The number of benzene rings is 2. The SMILES string of the molecule is Cn1c(=O)oc2cc(NS(=O)(=O)c3cccc4nsnc34)ccc21. The van der Waals surface area contributed by atoms with Crippen molar-refractivity contribution >= 4 is 49.6 Å². The van der Waals surface area contributed by atoms with Crippen LogP contribution in [-0.4, -0.2) is 21.7 Å². The molecule has 0 aliphatic heterocycles. The van der Waals surface area contributed by atoms with Crippen molar-refractivity contribution in [3.63, 3.8) is 0 Å². The van der Waals surface area contributed by atoms with Gasteiger partial charge in [-0.1, -0.05) is 6.07 Å². The molecule has 2 heterocycles. The zero-order valence-electron chi connectivity index (χ0n) is 12.3. The van der Waals surface area contributed by atoms with Crippen molar-refractivity contribution in [3.8, 4) is 0 Å². The molecule has 4 aromatic rings. The fourth-order valence-corrected chi connectivity index (χ4v) is 4.22. The molecule has 0 saturated carbocycles. The van der Waals surface area contributed by atoms with E-state index in [1.165, 1.54) is 16.7 Å². The lowest BCUT2D eigenvalue weighted by Crippen LogP contribution is -2.13. The number of fused-ring (bicyclic) bond motifs is 2. The van der Waals surface area contributed by atoms with Crippen LogP contribution in [0.25, 0.3) is 22.1 Å². The number of nitrogens with one attached hydrogen (secondary N) is 1. The Labute approximate surface area is 139 Å². The van der Waals surface area contributed by atoms with Crippen molar-refractivity contribution in [2.75, 3.05) is 4.72 Å². The van der Waals surface area contributed by atoms with Gasteiger partial charge in [0, 0.05) is 13.1 Å². The average Bonchev–Trinajstić information content (AvgIpc) is 3.11. The number of hydrogen-bond acceptors (Lipinski definition) is 7. The number of anilines is 1. The van der Waals surface area contributed by atoms with E-state index in [0.29, 0.717) is 22.1 Å². The van der Waals surface area contributed by atoms with E-state index in [4.69, 9.17) is 4.42 Å². The van der Waals surface area contributed by atoms with Crippen molar-refractivity contribution in [1.82, 2.24) is 13.3 Å². The van der Waals surface area contributed by atoms with E-state index in [-0.39, 0.29) is 10.6 Å². The predicted octanol–water partition coefficient (Wildman–Crippen LogP) is 1.94. The van der Waals surface area contributed by atoms with Gasteiger partial charge in [0.1, 0.15) is 15.9 Å². The quantitative estimate of drug-likeness (QED) is 0.597. The molecule has 2 aromatic heterocycles. The van der Waals surface area contributed by atoms with Gasteiger partial charge >= 0.3 is 5.76 Å². The number of sulfonamides is 1.